The van der Waals surface area contributed by atoms with Gasteiger partial charge in [0, 0.05) is 116 Å². The normalized spacial score (nSPS) is 24.2. The molecule has 4 heteroatoms. The highest BCUT2D eigenvalue weighted by molar-refractivity contribution is 6.00. The Bertz CT molecular complexity index is 5770. The fourth-order valence-electron chi connectivity index (χ4n) is 25.0. The van der Waals surface area contributed by atoms with Crippen molar-refractivity contribution < 1.29 is 18.9 Å². The molecule has 468 valence electrons. The number of fused-ring (bicyclic) bond motifs is 2. The molecule has 8 atom stereocenters. The molecule has 100 heavy (non-hydrogen) atoms. The zero-order valence-electron chi connectivity index (χ0n) is 55.3. The van der Waals surface area contributed by atoms with Gasteiger partial charge in [-0.15, -0.1) is 0 Å². The first-order chi connectivity index (χ1) is 49.5. The standard InChI is InChI=1S/C96H60O4/c1-97-93-85-77-47-21-9-10-22-48(47)78-66-34-58-57(33-65(66)77)73-45-19-7-8-20-46(45)74(58)60-36-68-67(35-59(60)73)79-49-23-11-12-24-50(49)80(68)88-87(79)95(99-3)91-83-53-27-15-16-28-54(53)84(92(91)96(88)100-4)72-40-64-63(39-71(72)83)75-55-31-43-29-41-17-5-6-18-42(41)30-44(43)32-56(55)76(64)62-38-70-69(37-61(62)75)81-51-25-13-14-26-52(51)82(70)90(89(81)93)94(98-2)86(78)85/h5-40,73-84H,1-4H3. The summed E-state index contributed by atoms with van der Waals surface area (Å²) in [6.45, 7) is 0. The van der Waals surface area contributed by atoms with E-state index in [2.05, 4.69) is 218 Å². The second-order valence-corrected chi connectivity index (χ2v) is 31.3. The van der Waals surface area contributed by atoms with Gasteiger partial charge in [-0.1, -0.05) is 194 Å². The second-order valence-electron chi connectivity index (χ2n) is 31.3. The van der Waals surface area contributed by atoms with E-state index in [1.807, 2.05) is 28.4 Å². The maximum atomic E-state index is 7.33. The Kier molecular flexibility index (Phi) is 8.87. The lowest BCUT2D eigenvalue weighted by Gasteiger charge is -2.52. The van der Waals surface area contributed by atoms with E-state index >= 15 is 0 Å². The summed E-state index contributed by atoms with van der Waals surface area (Å²) in [5.74, 6) is 3.38. The van der Waals surface area contributed by atoms with E-state index < -0.39 is 0 Å². The first kappa shape index (κ1) is 51.9. The van der Waals surface area contributed by atoms with Crippen LogP contribution in [0.1, 0.15) is 271 Å². The van der Waals surface area contributed by atoms with Crippen molar-refractivity contribution in [3.05, 3.63) is 419 Å². The van der Waals surface area contributed by atoms with E-state index in [1.165, 1.54) is 222 Å². The van der Waals surface area contributed by atoms with Crippen LogP contribution in [0.4, 0.5) is 0 Å². The molecule has 14 aromatic rings. The number of benzene rings is 14. The summed E-state index contributed by atoms with van der Waals surface area (Å²) in [6.07, 6.45) is 0. The van der Waals surface area contributed by atoms with Gasteiger partial charge in [0.1, 0.15) is 23.0 Å². The molecule has 0 amide bonds. The molecule has 18 aliphatic carbocycles. The smallest absolute Gasteiger partial charge is 0.128 e. The second kappa shape index (κ2) is 17.1. The minimum atomic E-state index is -0.102. The molecule has 0 saturated carbocycles. The van der Waals surface area contributed by atoms with Crippen LogP contribution in [0.3, 0.4) is 0 Å². The Labute approximate surface area is 578 Å². The highest BCUT2D eigenvalue weighted by Gasteiger charge is 2.58. The van der Waals surface area contributed by atoms with Gasteiger partial charge in [-0.05, 0) is 202 Å². The highest BCUT2D eigenvalue weighted by Crippen LogP contribution is 2.74. The molecule has 0 heterocycles. The average Bonchev–Trinajstić information content (AvgIpc) is 0.662. The van der Waals surface area contributed by atoms with Gasteiger partial charge >= 0.3 is 0 Å². The maximum Gasteiger partial charge on any atom is 0.128 e. The van der Waals surface area contributed by atoms with Crippen LogP contribution in [-0.4, -0.2) is 28.4 Å². The van der Waals surface area contributed by atoms with Crippen LogP contribution in [-0.2, 0) is 0 Å². The zero-order valence-corrected chi connectivity index (χ0v) is 55.3. The number of hydrogen-bond acceptors (Lipinski definition) is 4. The molecule has 0 radical (unpaired) electrons. The fraction of sp³-hybridized carbons (Fsp3) is 0.167. The van der Waals surface area contributed by atoms with Crippen LogP contribution in [0.25, 0.3) is 21.5 Å². The van der Waals surface area contributed by atoms with Crippen molar-refractivity contribution in [3.63, 3.8) is 0 Å². The van der Waals surface area contributed by atoms with Gasteiger partial charge in [0.15, 0.2) is 0 Å². The van der Waals surface area contributed by atoms with Crippen LogP contribution >= 0.6 is 0 Å². The molecule has 0 aliphatic heterocycles. The third-order valence-corrected chi connectivity index (χ3v) is 28.0. The van der Waals surface area contributed by atoms with Crippen molar-refractivity contribution in [2.75, 3.05) is 28.4 Å². The van der Waals surface area contributed by atoms with Gasteiger partial charge in [-0.25, -0.2) is 0 Å². The van der Waals surface area contributed by atoms with E-state index in [1.54, 1.807) is 0 Å². The topological polar surface area (TPSA) is 36.9 Å². The Morgan fingerprint density at radius 2 is 0.300 bits per heavy atom. The van der Waals surface area contributed by atoms with Crippen molar-refractivity contribution in [2.24, 2.45) is 0 Å². The van der Waals surface area contributed by atoms with E-state index in [0.717, 1.165) is 23.0 Å². The van der Waals surface area contributed by atoms with Gasteiger partial charge in [0.05, 0.1) is 28.4 Å². The van der Waals surface area contributed by atoms with Crippen LogP contribution in [0, 0.1) is 0 Å². The number of hydrogen-bond donors (Lipinski definition) is 0. The monoisotopic (exact) mass is 1280 g/mol. The third-order valence-electron chi connectivity index (χ3n) is 28.0. The van der Waals surface area contributed by atoms with Crippen molar-refractivity contribution in [1.82, 2.24) is 0 Å². The molecular formula is C96H60O4. The Balaban J connectivity index is 0.810. The van der Waals surface area contributed by atoms with Gasteiger partial charge in [-0.3, -0.25) is 0 Å². The molecule has 8 unspecified atom stereocenters. The van der Waals surface area contributed by atoms with E-state index in [4.69, 9.17) is 18.9 Å². The molecule has 4 nitrogen and oxygen atoms in total. The van der Waals surface area contributed by atoms with Gasteiger partial charge < -0.3 is 18.9 Å². The maximum absolute atomic E-state index is 7.33. The van der Waals surface area contributed by atoms with Crippen LogP contribution in [0.2, 0.25) is 0 Å². The molecule has 0 N–H and O–H groups in total. The average molecular weight is 1280 g/mol. The van der Waals surface area contributed by atoms with Gasteiger partial charge in [0.25, 0.3) is 0 Å². The largest absolute Gasteiger partial charge is 0.496 e. The van der Waals surface area contributed by atoms with E-state index in [-0.39, 0.29) is 71.0 Å². The first-order valence-corrected chi connectivity index (χ1v) is 36.2. The van der Waals surface area contributed by atoms with Crippen LogP contribution in [0.15, 0.2) is 218 Å². The molecule has 0 aromatic heterocycles. The summed E-state index contributed by atoms with van der Waals surface area (Å²) < 4.78 is 29.3. The molecule has 18 aliphatic rings. The summed E-state index contributed by atoms with van der Waals surface area (Å²) in [7, 11) is 7.89. The lowest BCUT2D eigenvalue weighted by molar-refractivity contribution is 0.376. The number of methoxy groups -OCH3 is 4. The molecule has 12 bridgehead atoms. The quantitative estimate of drug-likeness (QED) is 0.165. The molecule has 14 aromatic carbocycles. The first-order valence-electron chi connectivity index (χ1n) is 36.2. The summed E-state index contributed by atoms with van der Waals surface area (Å²) in [5.41, 5.74) is 49.7. The van der Waals surface area contributed by atoms with Crippen molar-refractivity contribution >= 4 is 21.5 Å². The zero-order chi connectivity index (χ0) is 64.6. The van der Waals surface area contributed by atoms with Crippen molar-refractivity contribution in [3.8, 4) is 23.0 Å². The summed E-state index contributed by atoms with van der Waals surface area (Å²) in [6, 6.07) is 87.9. The Hall–Kier alpha value is -11.2. The molecule has 0 fully saturated rings. The van der Waals surface area contributed by atoms with E-state index in [9.17, 15) is 0 Å². The van der Waals surface area contributed by atoms with Crippen molar-refractivity contribution in [2.45, 2.75) is 71.0 Å². The highest BCUT2D eigenvalue weighted by atomic mass is 16.5. The predicted octanol–water partition coefficient (Wildman–Crippen LogP) is 20.3. The summed E-state index contributed by atoms with van der Waals surface area (Å²) >= 11 is 0. The SMILES string of the molecule is COc1c2c3c(OC)c4c1C1c5ccccc5C4c4cc5c(cc41)C1c4cc6c(cc4C5c4cc5cc7ccccc7cc5cc41)C1c4ccccc4C6c4c(OC)c5c(c(OC)c41)C1c4ccccc4C5c4cc5c(cc41)C1c4ccccc4C5c4cc5c(cc41)C3c1ccccc1C52. The lowest BCUT2D eigenvalue weighted by atomic mass is 9.52. The molecule has 32 rings (SSSR count). The van der Waals surface area contributed by atoms with Crippen LogP contribution in [0.5, 0.6) is 23.0 Å². The molecular weight excluding hydrogens is 1220 g/mol. The lowest BCUT2D eigenvalue weighted by Crippen LogP contribution is -2.37. The summed E-state index contributed by atoms with van der Waals surface area (Å²) in [5, 5.41) is 5.13. The van der Waals surface area contributed by atoms with Crippen LogP contribution < -0.4 is 18.9 Å². The minimum absolute atomic E-state index is 0.0290. The number of ether oxygens (including phenoxy) is 4. The minimum Gasteiger partial charge on any atom is -0.496 e. The summed E-state index contributed by atoms with van der Waals surface area (Å²) in [4.78, 5) is 0. The predicted molar refractivity (Wildman–Crippen MR) is 390 cm³/mol. The van der Waals surface area contributed by atoms with Crippen molar-refractivity contribution in [1.29, 1.82) is 0 Å². The van der Waals surface area contributed by atoms with Gasteiger partial charge in [0.2, 0.25) is 0 Å². The Morgan fingerprint density at radius 1 is 0.150 bits per heavy atom. The van der Waals surface area contributed by atoms with E-state index in [0.29, 0.717) is 0 Å². The molecule has 0 spiro atoms. The number of rotatable bonds is 4. The molecule has 0 saturated heterocycles. The fourth-order valence-corrected chi connectivity index (χ4v) is 25.0. The third kappa shape index (κ3) is 5.44. The van der Waals surface area contributed by atoms with Gasteiger partial charge in [-0.2, -0.15) is 0 Å². The Morgan fingerprint density at radius 3 is 0.490 bits per heavy atom.